The van der Waals surface area contributed by atoms with Crippen LogP contribution in [0.25, 0.3) is 0 Å². The smallest absolute Gasteiger partial charge is 0.253 e. The van der Waals surface area contributed by atoms with E-state index in [2.05, 4.69) is 20.9 Å². The Morgan fingerprint density at radius 3 is 2.26 bits per heavy atom. The number of primary amides is 1. The van der Waals surface area contributed by atoms with Crippen LogP contribution in [0.2, 0.25) is 0 Å². The maximum atomic E-state index is 13.4. The first kappa shape index (κ1) is 29.4. The van der Waals surface area contributed by atoms with E-state index in [4.69, 9.17) is 10.7 Å². The average molecular weight is 589 g/mol. The average Bonchev–Trinajstić information content (AvgIpc) is 3.67. The van der Waals surface area contributed by atoms with Crippen molar-refractivity contribution in [1.29, 1.82) is 0 Å². The van der Waals surface area contributed by atoms with Gasteiger partial charge >= 0.3 is 0 Å². The number of pyridine rings is 1. The van der Waals surface area contributed by atoms with Gasteiger partial charge in [-0.05, 0) is 100 Å². The molecular formula is C33H44N6O4. The fourth-order valence-corrected chi connectivity index (χ4v) is 7.64. The highest BCUT2D eigenvalue weighted by molar-refractivity contribution is 6.02. The lowest BCUT2D eigenvalue weighted by molar-refractivity contribution is 0.0928. The third-order valence-electron chi connectivity index (χ3n) is 9.97. The van der Waals surface area contributed by atoms with Crippen molar-refractivity contribution in [3.05, 3.63) is 53.2 Å². The van der Waals surface area contributed by atoms with Crippen LogP contribution in [0.4, 0.5) is 11.5 Å². The highest BCUT2D eigenvalue weighted by atomic mass is 16.3. The van der Waals surface area contributed by atoms with Crippen molar-refractivity contribution in [2.45, 2.75) is 107 Å². The summed E-state index contributed by atoms with van der Waals surface area (Å²) in [5.74, 6) is 0.589. The molecule has 1 aromatic heterocycles. The van der Waals surface area contributed by atoms with Crippen molar-refractivity contribution in [2.75, 3.05) is 16.8 Å². The largest absolute Gasteiger partial charge is 0.393 e. The summed E-state index contributed by atoms with van der Waals surface area (Å²) in [5.41, 5.74) is 7.65. The van der Waals surface area contributed by atoms with Crippen LogP contribution in [0.1, 0.15) is 108 Å². The standard InChI is InChI=1S/C33H44N6O4/c34-31(41)27-13-7-21(17-28(27)36-24-9-11-26(40)12-10-24)32(42)38-25-16-20-4-3-15-39(29(20)18-25)30-14-8-22(19-35-30)33(43)37-23-5-1-2-6-23/h7-8,13-14,17,19-20,23-26,29,36,40H,1-6,9-12,15-16,18H2,(H2,34,41)(H,37,43)(H,38,42)/t20?,24-,25?,26-,29?. The predicted molar refractivity (Wildman–Crippen MR) is 165 cm³/mol. The van der Waals surface area contributed by atoms with Crippen LogP contribution in [-0.2, 0) is 0 Å². The molecule has 0 radical (unpaired) electrons. The Balaban J connectivity index is 1.09. The first-order valence-corrected chi connectivity index (χ1v) is 16.1. The van der Waals surface area contributed by atoms with Gasteiger partial charge in [0.05, 0.1) is 17.2 Å². The van der Waals surface area contributed by atoms with E-state index in [-0.39, 0.29) is 42.1 Å². The normalized spacial score (nSPS) is 27.4. The quantitative estimate of drug-likeness (QED) is 0.315. The molecule has 1 aromatic carbocycles. The van der Waals surface area contributed by atoms with Gasteiger partial charge in [0, 0.05) is 48.2 Å². The first-order chi connectivity index (χ1) is 20.8. The zero-order valence-corrected chi connectivity index (χ0v) is 24.8. The van der Waals surface area contributed by atoms with E-state index < -0.39 is 5.91 Å². The second-order valence-corrected chi connectivity index (χ2v) is 12.9. The molecule has 4 aliphatic rings. The van der Waals surface area contributed by atoms with Crippen molar-refractivity contribution < 1.29 is 19.5 Å². The molecule has 6 N–H and O–H groups in total. The number of carbonyl (C=O) groups is 3. The molecule has 3 unspecified atom stereocenters. The van der Waals surface area contributed by atoms with Gasteiger partial charge in [-0.25, -0.2) is 4.98 Å². The second-order valence-electron chi connectivity index (χ2n) is 12.9. The Labute approximate surface area is 253 Å². The molecule has 10 heteroatoms. The molecule has 1 saturated heterocycles. The van der Waals surface area contributed by atoms with Gasteiger partial charge in [0.1, 0.15) is 5.82 Å². The van der Waals surface area contributed by atoms with Crippen LogP contribution in [0.3, 0.4) is 0 Å². The van der Waals surface area contributed by atoms with Crippen molar-refractivity contribution in [3.8, 4) is 0 Å². The number of piperidine rings is 1. The van der Waals surface area contributed by atoms with Crippen molar-refractivity contribution in [1.82, 2.24) is 15.6 Å². The summed E-state index contributed by atoms with van der Waals surface area (Å²) in [6.07, 6.45) is 12.8. The number of amides is 3. The summed E-state index contributed by atoms with van der Waals surface area (Å²) in [5, 5.41) is 19.6. The van der Waals surface area contributed by atoms with Crippen LogP contribution < -0.4 is 26.6 Å². The third kappa shape index (κ3) is 6.79. The first-order valence-electron chi connectivity index (χ1n) is 16.1. The number of carbonyl (C=O) groups excluding carboxylic acids is 3. The summed E-state index contributed by atoms with van der Waals surface area (Å²) in [4.78, 5) is 45.2. The molecule has 3 atom stereocenters. The van der Waals surface area contributed by atoms with E-state index in [1.54, 1.807) is 24.4 Å². The maximum absolute atomic E-state index is 13.4. The van der Waals surface area contributed by atoms with E-state index in [9.17, 15) is 19.5 Å². The van der Waals surface area contributed by atoms with Crippen LogP contribution in [0.5, 0.6) is 0 Å². The van der Waals surface area contributed by atoms with Gasteiger partial charge in [0.25, 0.3) is 17.7 Å². The number of aliphatic hydroxyl groups is 1. The molecule has 4 fully saturated rings. The lowest BCUT2D eigenvalue weighted by Gasteiger charge is -2.38. The van der Waals surface area contributed by atoms with Gasteiger partial charge in [0.2, 0.25) is 0 Å². The molecule has 43 heavy (non-hydrogen) atoms. The topological polar surface area (TPSA) is 150 Å². The minimum absolute atomic E-state index is 0.0339. The summed E-state index contributed by atoms with van der Waals surface area (Å²) in [6.45, 7) is 0.907. The number of aliphatic hydroxyl groups excluding tert-OH is 1. The number of nitrogens with two attached hydrogens (primary N) is 1. The van der Waals surface area contributed by atoms with E-state index >= 15 is 0 Å². The third-order valence-corrected chi connectivity index (χ3v) is 9.97. The second kappa shape index (κ2) is 12.9. The Morgan fingerprint density at radius 1 is 0.814 bits per heavy atom. The highest BCUT2D eigenvalue weighted by Gasteiger charge is 2.41. The van der Waals surface area contributed by atoms with E-state index in [1.807, 2.05) is 12.1 Å². The van der Waals surface area contributed by atoms with Crippen LogP contribution in [0, 0.1) is 5.92 Å². The number of aromatic nitrogens is 1. The SMILES string of the molecule is NC(=O)c1ccc(C(=O)NC2CC3CCCN(c4ccc(C(=O)NC5CCCC5)cn4)C3C2)cc1N[C@H]1CC[C@H](O)CC1. The summed E-state index contributed by atoms with van der Waals surface area (Å²) in [7, 11) is 0. The van der Waals surface area contributed by atoms with Crippen molar-refractivity contribution in [3.63, 3.8) is 0 Å². The fraction of sp³-hybridized carbons (Fsp3) is 0.576. The van der Waals surface area contributed by atoms with Gasteiger partial charge < -0.3 is 31.7 Å². The molecule has 230 valence electrons. The van der Waals surface area contributed by atoms with E-state index in [1.165, 1.54) is 12.8 Å². The lowest BCUT2D eigenvalue weighted by atomic mass is 9.92. The molecule has 10 nitrogen and oxygen atoms in total. The summed E-state index contributed by atoms with van der Waals surface area (Å²) < 4.78 is 0. The molecular weight excluding hydrogens is 544 g/mol. The molecule has 3 aliphatic carbocycles. The Bertz CT molecular complexity index is 1320. The van der Waals surface area contributed by atoms with Crippen LogP contribution in [-0.4, -0.2) is 64.6 Å². The van der Waals surface area contributed by atoms with E-state index in [0.717, 1.165) is 63.7 Å². The minimum Gasteiger partial charge on any atom is -0.393 e. The van der Waals surface area contributed by atoms with Gasteiger partial charge in [-0.2, -0.15) is 0 Å². The lowest BCUT2D eigenvalue weighted by Crippen LogP contribution is -2.43. The fourth-order valence-electron chi connectivity index (χ4n) is 7.64. The predicted octanol–water partition coefficient (Wildman–Crippen LogP) is 3.75. The molecule has 0 bridgehead atoms. The number of rotatable bonds is 8. The number of hydrogen-bond donors (Lipinski definition) is 5. The van der Waals surface area contributed by atoms with Gasteiger partial charge in [-0.1, -0.05) is 12.8 Å². The number of benzene rings is 1. The highest BCUT2D eigenvalue weighted by Crippen LogP contribution is 2.39. The molecule has 3 amide bonds. The zero-order chi connectivity index (χ0) is 29.9. The Morgan fingerprint density at radius 2 is 1.53 bits per heavy atom. The molecule has 3 saturated carbocycles. The number of fused-ring (bicyclic) bond motifs is 1. The minimum atomic E-state index is -0.540. The zero-order valence-electron chi connectivity index (χ0n) is 24.8. The Kier molecular flexibility index (Phi) is 8.83. The number of nitrogens with one attached hydrogen (secondary N) is 3. The molecule has 0 spiro atoms. The summed E-state index contributed by atoms with van der Waals surface area (Å²) in [6, 6.07) is 9.55. The van der Waals surface area contributed by atoms with E-state index in [0.29, 0.717) is 41.1 Å². The summed E-state index contributed by atoms with van der Waals surface area (Å²) >= 11 is 0. The van der Waals surface area contributed by atoms with Crippen molar-refractivity contribution >= 4 is 29.2 Å². The number of anilines is 2. The number of nitrogens with zero attached hydrogens (tertiary/aromatic N) is 2. The van der Waals surface area contributed by atoms with Crippen LogP contribution in [0.15, 0.2) is 36.5 Å². The maximum Gasteiger partial charge on any atom is 0.253 e. The van der Waals surface area contributed by atoms with Gasteiger partial charge in [0.15, 0.2) is 0 Å². The van der Waals surface area contributed by atoms with Crippen molar-refractivity contribution in [2.24, 2.45) is 11.7 Å². The number of hydrogen-bond acceptors (Lipinski definition) is 7. The molecule has 2 heterocycles. The molecule has 6 rings (SSSR count). The van der Waals surface area contributed by atoms with Crippen LogP contribution >= 0.6 is 0 Å². The molecule has 2 aromatic rings. The molecule has 1 aliphatic heterocycles. The van der Waals surface area contributed by atoms with Gasteiger partial charge in [-0.3, -0.25) is 14.4 Å². The van der Waals surface area contributed by atoms with Gasteiger partial charge in [-0.15, -0.1) is 0 Å². The Hall–Kier alpha value is -3.66. The monoisotopic (exact) mass is 588 g/mol.